The molecule has 0 aromatic heterocycles. The van der Waals surface area contributed by atoms with E-state index in [1.165, 1.54) is 4.90 Å². The fourth-order valence-electron chi connectivity index (χ4n) is 2.21. The van der Waals surface area contributed by atoms with E-state index in [1.54, 1.807) is 62.6 Å². The Morgan fingerprint density at radius 1 is 1.08 bits per heavy atom. The fraction of sp³-hybridized carbons (Fsp3) is 0.211. The highest BCUT2D eigenvalue weighted by Crippen LogP contribution is 2.12. The van der Waals surface area contributed by atoms with Crippen LogP contribution >= 0.6 is 0 Å². The lowest BCUT2D eigenvalue weighted by molar-refractivity contribution is 0.0826. The molecule has 0 aliphatic carbocycles. The minimum atomic E-state index is -0.241. The Labute approximate surface area is 152 Å². The lowest BCUT2D eigenvalue weighted by atomic mass is 10.1. The molecule has 0 spiro atoms. The summed E-state index contributed by atoms with van der Waals surface area (Å²) in [5.41, 5.74) is 7.02. The van der Waals surface area contributed by atoms with Gasteiger partial charge in [0, 0.05) is 30.8 Å². The molecule has 7 heteroatoms. The number of ether oxygens (including phenoxy) is 1. The largest absolute Gasteiger partial charge is 0.492 e. The quantitative estimate of drug-likeness (QED) is 0.397. The number of nitrogen functional groups attached to an aromatic ring is 1. The number of nitrogens with one attached hydrogen (secondary N) is 2. The summed E-state index contributed by atoms with van der Waals surface area (Å²) >= 11 is 0. The lowest BCUT2D eigenvalue weighted by Crippen LogP contribution is -2.28. The molecule has 2 amide bonds. The van der Waals surface area contributed by atoms with E-state index < -0.39 is 0 Å². The number of benzene rings is 2. The predicted molar refractivity (Wildman–Crippen MR) is 99.7 cm³/mol. The van der Waals surface area contributed by atoms with E-state index >= 15 is 0 Å². The van der Waals surface area contributed by atoms with Crippen LogP contribution in [0.25, 0.3) is 0 Å². The van der Waals surface area contributed by atoms with Gasteiger partial charge in [0.05, 0.1) is 6.54 Å². The zero-order valence-corrected chi connectivity index (χ0v) is 14.8. The molecule has 7 nitrogen and oxygen atoms in total. The van der Waals surface area contributed by atoms with Gasteiger partial charge in [0.15, 0.2) is 0 Å². The summed E-state index contributed by atoms with van der Waals surface area (Å²) < 4.78 is 5.54. The summed E-state index contributed by atoms with van der Waals surface area (Å²) in [5.74, 6) is 0.200. The van der Waals surface area contributed by atoms with Crippen LogP contribution < -0.4 is 15.8 Å². The second-order valence-corrected chi connectivity index (χ2v) is 5.82. The van der Waals surface area contributed by atoms with Gasteiger partial charge in [0.2, 0.25) is 0 Å². The molecule has 0 saturated heterocycles. The molecule has 0 bridgehead atoms. The number of hydrogen-bond acceptors (Lipinski definition) is 4. The van der Waals surface area contributed by atoms with E-state index in [-0.39, 0.29) is 24.3 Å². The number of carbonyl (C=O) groups excluding carboxylic acids is 2. The average molecular weight is 354 g/mol. The Kier molecular flexibility index (Phi) is 6.32. The number of hydrogen-bond donors (Lipinski definition) is 3. The first-order valence-corrected chi connectivity index (χ1v) is 8.05. The van der Waals surface area contributed by atoms with Crippen molar-refractivity contribution < 1.29 is 14.3 Å². The third-order valence-electron chi connectivity index (χ3n) is 3.60. The van der Waals surface area contributed by atoms with Crippen molar-refractivity contribution in [3.8, 4) is 5.75 Å². The van der Waals surface area contributed by atoms with Gasteiger partial charge in [0.25, 0.3) is 11.8 Å². The highest BCUT2D eigenvalue weighted by atomic mass is 16.5. The van der Waals surface area contributed by atoms with Gasteiger partial charge in [-0.2, -0.15) is 0 Å². The van der Waals surface area contributed by atoms with Crippen LogP contribution in [-0.4, -0.2) is 49.8 Å². The predicted octanol–water partition coefficient (Wildman–Crippen LogP) is 1.48. The first-order chi connectivity index (χ1) is 12.4. The molecule has 0 unspecified atom stereocenters. The van der Waals surface area contributed by atoms with Crippen molar-refractivity contribution in [1.29, 1.82) is 5.41 Å². The molecule has 0 atom stereocenters. The third kappa shape index (κ3) is 5.07. The van der Waals surface area contributed by atoms with Gasteiger partial charge in [-0.25, -0.2) is 0 Å². The molecule has 0 heterocycles. The van der Waals surface area contributed by atoms with Crippen LogP contribution in [0.3, 0.4) is 0 Å². The number of amides is 2. The van der Waals surface area contributed by atoms with Crippen molar-refractivity contribution in [2.24, 2.45) is 5.73 Å². The number of nitrogens with two attached hydrogens (primary N) is 1. The number of carbonyl (C=O) groups is 2. The summed E-state index contributed by atoms with van der Waals surface area (Å²) in [6.07, 6.45) is 0. The topological polar surface area (TPSA) is 109 Å². The van der Waals surface area contributed by atoms with Gasteiger partial charge in [-0.3, -0.25) is 15.0 Å². The molecule has 0 aliphatic rings. The maximum Gasteiger partial charge on any atom is 0.253 e. The van der Waals surface area contributed by atoms with Crippen molar-refractivity contribution in [3.63, 3.8) is 0 Å². The number of rotatable bonds is 7. The van der Waals surface area contributed by atoms with Crippen LogP contribution in [0.4, 0.5) is 0 Å². The standard InChI is InChI=1S/C19H22N4O3/c1-23(2)19(25)14-8-6-13(7-9-14)18(24)22-10-11-26-16-5-3-4-15(12-16)17(20)21/h3-9,12H,10-11H2,1-2H3,(H3,20,21)(H,22,24). The average Bonchev–Trinajstić information content (AvgIpc) is 2.64. The Bertz CT molecular complexity index is 801. The first kappa shape index (κ1) is 19.0. The maximum atomic E-state index is 12.1. The van der Waals surface area contributed by atoms with Gasteiger partial charge in [-0.15, -0.1) is 0 Å². The molecule has 2 rings (SSSR count). The zero-order valence-electron chi connectivity index (χ0n) is 14.8. The van der Waals surface area contributed by atoms with Crippen molar-refractivity contribution in [2.45, 2.75) is 0 Å². The van der Waals surface area contributed by atoms with E-state index in [1.807, 2.05) is 0 Å². The van der Waals surface area contributed by atoms with Crippen molar-refractivity contribution in [3.05, 3.63) is 65.2 Å². The normalized spacial score (nSPS) is 10.1. The molecule has 0 saturated carbocycles. The van der Waals surface area contributed by atoms with Crippen molar-refractivity contribution >= 4 is 17.6 Å². The van der Waals surface area contributed by atoms with Gasteiger partial charge < -0.3 is 20.7 Å². The molecule has 26 heavy (non-hydrogen) atoms. The second-order valence-electron chi connectivity index (χ2n) is 5.82. The first-order valence-electron chi connectivity index (χ1n) is 8.05. The van der Waals surface area contributed by atoms with Crippen LogP contribution in [0.2, 0.25) is 0 Å². The molecule has 2 aromatic carbocycles. The Morgan fingerprint density at radius 3 is 2.35 bits per heavy atom. The summed E-state index contributed by atoms with van der Waals surface area (Å²) in [6, 6.07) is 13.4. The highest BCUT2D eigenvalue weighted by molar-refractivity contribution is 5.97. The SMILES string of the molecule is CN(C)C(=O)c1ccc(C(=O)NCCOc2cccc(C(=N)N)c2)cc1. The summed E-state index contributed by atoms with van der Waals surface area (Å²) in [7, 11) is 3.35. The summed E-state index contributed by atoms with van der Waals surface area (Å²) in [4.78, 5) is 25.4. The molecule has 4 N–H and O–H groups in total. The van der Waals surface area contributed by atoms with Gasteiger partial charge in [-0.1, -0.05) is 12.1 Å². The summed E-state index contributed by atoms with van der Waals surface area (Å²) in [5, 5.41) is 10.2. The van der Waals surface area contributed by atoms with Crippen LogP contribution in [0.5, 0.6) is 5.75 Å². The van der Waals surface area contributed by atoms with E-state index in [9.17, 15) is 9.59 Å². The van der Waals surface area contributed by atoms with Crippen LogP contribution in [0.15, 0.2) is 48.5 Å². The van der Waals surface area contributed by atoms with E-state index in [0.29, 0.717) is 29.0 Å². The number of amidine groups is 1. The smallest absolute Gasteiger partial charge is 0.253 e. The Hall–Kier alpha value is -3.35. The van der Waals surface area contributed by atoms with Crippen LogP contribution in [0.1, 0.15) is 26.3 Å². The Balaban J connectivity index is 1.82. The van der Waals surface area contributed by atoms with Crippen LogP contribution in [0, 0.1) is 5.41 Å². The monoisotopic (exact) mass is 354 g/mol. The minimum Gasteiger partial charge on any atom is -0.492 e. The van der Waals surface area contributed by atoms with Gasteiger partial charge in [-0.05, 0) is 36.4 Å². The van der Waals surface area contributed by atoms with Crippen LogP contribution in [-0.2, 0) is 0 Å². The molecule has 136 valence electrons. The van der Waals surface area contributed by atoms with Crippen molar-refractivity contribution in [1.82, 2.24) is 10.2 Å². The maximum absolute atomic E-state index is 12.1. The molecule has 0 aliphatic heterocycles. The van der Waals surface area contributed by atoms with E-state index in [2.05, 4.69) is 5.32 Å². The minimum absolute atomic E-state index is 0.0278. The molecule has 0 fully saturated rings. The number of nitrogens with zero attached hydrogens (tertiary/aromatic N) is 1. The molecule has 0 radical (unpaired) electrons. The zero-order chi connectivity index (χ0) is 19.1. The van der Waals surface area contributed by atoms with E-state index in [4.69, 9.17) is 15.9 Å². The molecular weight excluding hydrogens is 332 g/mol. The third-order valence-corrected chi connectivity index (χ3v) is 3.60. The molecular formula is C19H22N4O3. The van der Waals surface area contributed by atoms with Crippen molar-refractivity contribution in [2.75, 3.05) is 27.2 Å². The lowest BCUT2D eigenvalue weighted by Gasteiger charge is -2.11. The second kappa shape index (κ2) is 8.66. The fourth-order valence-corrected chi connectivity index (χ4v) is 2.21. The van der Waals surface area contributed by atoms with E-state index in [0.717, 1.165) is 0 Å². The Morgan fingerprint density at radius 2 is 1.73 bits per heavy atom. The summed E-state index contributed by atoms with van der Waals surface area (Å²) in [6.45, 7) is 0.603. The molecule has 2 aromatic rings. The van der Waals surface area contributed by atoms with Gasteiger partial charge >= 0.3 is 0 Å². The van der Waals surface area contributed by atoms with Gasteiger partial charge in [0.1, 0.15) is 18.2 Å². The highest BCUT2D eigenvalue weighted by Gasteiger charge is 2.10.